The molecule has 0 saturated carbocycles. The summed E-state index contributed by atoms with van der Waals surface area (Å²) in [6.07, 6.45) is 6.94. The fourth-order valence-corrected chi connectivity index (χ4v) is 3.52. The number of nitrogens with one attached hydrogen (secondary N) is 1. The Morgan fingerprint density at radius 1 is 1.05 bits per heavy atom. The largest absolute Gasteiger partial charge is 0.313 e. The summed E-state index contributed by atoms with van der Waals surface area (Å²) in [4.78, 5) is 0. The molecule has 1 atom stereocenters. The first kappa shape index (κ1) is 18.6. The minimum absolute atomic E-state index is 0.156. The van der Waals surface area contributed by atoms with E-state index in [-0.39, 0.29) is 5.82 Å². The van der Waals surface area contributed by atoms with Gasteiger partial charge in [0.1, 0.15) is 5.82 Å². The van der Waals surface area contributed by atoms with Gasteiger partial charge in [0.15, 0.2) is 0 Å². The maximum atomic E-state index is 13.6. The van der Waals surface area contributed by atoms with Crippen molar-refractivity contribution in [2.45, 2.75) is 65.3 Å². The predicted octanol–water partition coefficient (Wildman–Crippen LogP) is 5.72. The second kappa shape index (κ2) is 10.3. The highest BCUT2D eigenvalue weighted by molar-refractivity contribution is 9.10. The zero-order valence-corrected chi connectivity index (χ0v) is 15.2. The van der Waals surface area contributed by atoms with Crippen molar-refractivity contribution in [2.75, 3.05) is 6.54 Å². The molecule has 0 radical (unpaired) electrons. The van der Waals surface area contributed by atoms with E-state index in [0.717, 1.165) is 29.4 Å². The first-order valence-corrected chi connectivity index (χ1v) is 9.08. The predicted molar refractivity (Wildman–Crippen MR) is 93.2 cm³/mol. The number of rotatable bonds is 10. The summed E-state index contributed by atoms with van der Waals surface area (Å²) < 4.78 is 14.4. The van der Waals surface area contributed by atoms with Crippen molar-refractivity contribution in [3.63, 3.8) is 0 Å². The van der Waals surface area contributed by atoms with Crippen LogP contribution >= 0.6 is 15.9 Å². The standard InChI is InChI=1S/C18H29BrFN/c1-4-7-15(8-5-2)18(21-9-6-3)12-14-10-16(19)13-17(20)11-14/h10-11,13,15,18,21H,4-9,12H2,1-3H3. The number of halogens is 2. The molecule has 0 aliphatic heterocycles. The van der Waals surface area contributed by atoms with Gasteiger partial charge in [-0.1, -0.05) is 49.5 Å². The summed E-state index contributed by atoms with van der Waals surface area (Å²) in [5.74, 6) is 0.518. The van der Waals surface area contributed by atoms with Gasteiger partial charge in [-0.15, -0.1) is 0 Å². The SMILES string of the molecule is CCCNC(Cc1cc(F)cc(Br)c1)C(CCC)CCC. The first-order valence-electron chi connectivity index (χ1n) is 8.29. The van der Waals surface area contributed by atoms with E-state index in [0.29, 0.717) is 12.0 Å². The molecule has 0 saturated heterocycles. The Morgan fingerprint density at radius 2 is 1.71 bits per heavy atom. The number of hydrogen-bond acceptors (Lipinski definition) is 1. The second-order valence-corrected chi connectivity index (χ2v) is 6.80. The lowest BCUT2D eigenvalue weighted by Gasteiger charge is -2.28. The highest BCUT2D eigenvalue weighted by atomic mass is 79.9. The van der Waals surface area contributed by atoms with Crippen molar-refractivity contribution >= 4 is 15.9 Å². The average molecular weight is 358 g/mol. The van der Waals surface area contributed by atoms with Crippen LogP contribution in [0.5, 0.6) is 0 Å². The summed E-state index contributed by atoms with van der Waals surface area (Å²) in [5, 5.41) is 3.69. The van der Waals surface area contributed by atoms with Gasteiger partial charge in [-0.2, -0.15) is 0 Å². The Hall–Kier alpha value is -0.410. The second-order valence-electron chi connectivity index (χ2n) is 5.88. The normalized spacial score (nSPS) is 12.9. The summed E-state index contributed by atoms with van der Waals surface area (Å²) in [5.41, 5.74) is 1.08. The average Bonchev–Trinajstić information content (AvgIpc) is 2.42. The Morgan fingerprint density at radius 3 is 2.24 bits per heavy atom. The molecule has 1 N–H and O–H groups in total. The van der Waals surface area contributed by atoms with Crippen molar-refractivity contribution in [3.05, 3.63) is 34.1 Å². The van der Waals surface area contributed by atoms with Crippen LogP contribution in [0.15, 0.2) is 22.7 Å². The third-order valence-corrected chi connectivity index (χ3v) is 4.38. The van der Waals surface area contributed by atoms with Crippen LogP contribution in [-0.4, -0.2) is 12.6 Å². The molecular weight excluding hydrogens is 329 g/mol. The van der Waals surface area contributed by atoms with Crippen LogP contribution in [0.1, 0.15) is 58.4 Å². The van der Waals surface area contributed by atoms with E-state index < -0.39 is 0 Å². The van der Waals surface area contributed by atoms with Gasteiger partial charge in [-0.3, -0.25) is 0 Å². The van der Waals surface area contributed by atoms with Crippen LogP contribution in [0, 0.1) is 11.7 Å². The van der Waals surface area contributed by atoms with Crippen LogP contribution in [0.2, 0.25) is 0 Å². The summed E-state index contributed by atoms with van der Waals surface area (Å²) in [6, 6.07) is 5.67. The van der Waals surface area contributed by atoms with Gasteiger partial charge in [0.25, 0.3) is 0 Å². The smallest absolute Gasteiger partial charge is 0.124 e. The molecule has 0 aliphatic rings. The lowest BCUT2D eigenvalue weighted by molar-refractivity contribution is 0.308. The van der Waals surface area contributed by atoms with E-state index >= 15 is 0 Å². The zero-order chi connectivity index (χ0) is 15.7. The quantitative estimate of drug-likeness (QED) is 0.564. The fraction of sp³-hybridized carbons (Fsp3) is 0.667. The van der Waals surface area contributed by atoms with Gasteiger partial charge >= 0.3 is 0 Å². The Balaban J connectivity index is 2.84. The molecule has 0 spiro atoms. The molecule has 0 bridgehead atoms. The van der Waals surface area contributed by atoms with Gasteiger partial charge in [-0.25, -0.2) is 4.39 Å². The lowest BCUT2D eigenvalue weighted by atomic mass is 9.86. The molecule has 0 aromatic heterocycles. The molecule has 0 aliphatic carbocycles. The molecule has 21 heavy (non-hydrogen) atoms. The monoisotopic (exact) mass is 357 g/mol. The molecule has 1 aromatic carbocycles. The maximum absolute atomic E-state index is 13.6. The van der Waals surface area contributed by atoms with Crippen molar-refractivity contribution in [1.29, 1.82) is 0 Å². The van der Waals surface area contributed by atoms with Gasteiger partial charge in [0.05, 0.1) is 0 Å². The molecule has 1 rings (SSSR count). The van der Waals surface area contributed by atoms with Gasteiger partial charge in [-0.05, 0) is 61.9 Å². The fourth-order valence-electron chi connectivity index (χ4n) is 3.01. The van der Waals surface area contributed by atoms with Crippen molar-refractivity contribution in [1.82, 2.24) is 5.32 Å². The number of hydrogen-bond donors (Lipinski definition) is 1. The molecule has 0 amide bonds. The van der Waals surface area contributed by atoms with Gasteiger partial charge in [0.2, 0.25) is 0 Å². The summed E-state index contributed by atoms with van der Waals surface area (Å²) in [7, 11) is 0. The minimum atomic E-state index is -0.156. The molecule has 0 heterocycles. The van der Waals surface area contributed by atoms with Crippen molar-refractivity contribution < 1.29 is 4.39 Å². The molecule has 3 heteroatoms. The van der Waals surface area contributed by atoms with E-state index in [9.17, 15) is 4.39 Å². The first-order chi connectivity index (χ1) is 10.1. The Bertz CT molecular complexity index is 382. The van der Waals surface area contributed by atoms with Gasteiger partial charge < -0.3 is 5.32 Å². The molecule has 1 unspecified atom stereocenters. The number of benzene rings is 1. The van der Waals surface area contributed by atoms with Crippen molar-refractivity contribution in [2.24, 2.45) is 5.92 Å². The third kappa shape index (κ3) is 6.92. The third-order valence-electron chi connectivity index (χ3n) is 3.92. The minimum Gasteiger partial charge on any atom is -0.313 e. The topological polar surface area (TPSA) is 12.0 Å². The van der Waals surface area contributed by atoms with Crippen LogP contribution < -0.4 is 5.32 Å². The molecule has 1 nitrogen and oxygen atoms in total. The maximum Gasteiger partial charge on any atom is 0.124 e. The van der Waals surface area contributed by atoms with E-state index in [4.69, 9.17) is 0 Å². The van der Waals surface area contributed by atoms with Crippen molar-refractivity contribution in [3.8, 4) is 0 Å². The van der Waals surface area contributed by atoms with E-state index in [1.807, 2.05) is 6.07 Å². The van der Waals surface area contributed by atoms with Crippen LogP contribution in [0.4, 0.5) is 4.39 Å². The molecule has 120 valence electrons. The Kier molecular flexibility index (Phi) is 9.18. The highest BCUT2D eigenvalue weighted by Gasteiger charge is 2.20. The van der Waals surface area contributed by atoms with E-state index in [2.05, 4.69) is 42.0 Å². The van der Waals surface area contributed by atoms with Crippen LogP contribution in [0.3, 0.4) is 0 Å². The van der Waals surface area contributed by atoms with Crippen LogP contribution in [0.25, 0.3) is 0 Å². The highest BCUT2D eigenvalue weighted by Crippen LogP contribution is 2.23. The lowest BCUT2D eigenvalue weighted by Crippen LogP contribution is -2.38. The molecule has 1 aromatic rings. The van der Waals surface area contributed by atoms with Gasteiger partial charge in [0, 0.05) is 10.5 Å². The Labute approximate surface area is 137 Å². The molecule has 0 fully saturated rings. The van der Waals surface area contributed by atoms with Crippen LogP contribution in [-0.2, 0) is 6.42 Å². The summed E-state index contributed by atoms with van der Waals surface area (Å²) in [6.45, 7) is 7.72. The molecular formula is C18H29BrFN. The zero-order valence-electron chi connectivity index (χ0n) is 13.6. The van der Waals surface area contributed by atoms with E-state index in [1.165, 1.54) is 31.7 Å². The summed E-state index contributed by atoms with van der Waals surface area (Å²) >= 11 is 3.39. The van der Waals surface area contributed by atoms with E-state index in [1.54, 1.807) is 6.07 Å².